The van der Waals surface area contributed by atoms with E-state index in [-0.39, 0.29) is 12.0 Å². The van der Waals surface area contributed by atoms with Crippen molar-refractivity contribution >= 4 is 10.0 Å². The van der Waals surface area contributed by atoms with Gasteiger partial charge in [0.25, 0.3) is 0 Å². The predicted molar refractivity (Wildman–Crippen MR) is 85.3 cm³/mol. The van der Waals surface area contributed by atoms with E-state index in [1.807, 2.05) is 25.1 Å². The fourth-order valence-electron chi connectivity index (χ4n) is 2.19. The van der Waals surface area contributed by atoms with E-state index >= 15 is 0 Å². The van der Waals surface area contributed by atoms with E-state index in [4.69, 9.17) is 0 Å². The molecule has 0 N–H and O–H groups in total. The van der Waals surface area contributed by atoms with Gasteiger partial charge >= 0.3 is 0 Å². The lowest BCUT2D eigenvalue weighted by molar-refractivity contribution is 0.392. The molecule has 1 aromatic carbocycles. The minimum atomic E-state index is -3.51. The highest BCUT2D eigenvalue weighted by molar-refractivity contribution is 7.89. The van der Waals surface area contributed by atoms with Crippen LogP contribution in [0.4, 0.5) is 0 Å². The summed E-state index contributed by atoms with van der Waals surface area (Å²) in [6, 6.07) is 6.95. The van der Waals surface area contributed by atoms with Gasteiger partial charge in [-0.2, -0.15) is 4.31 Å². The van der Waals surface area contributed by atoms with E-state index in [1.165, 1.54) is 4.31 Å². The Labute approximate surface area is 127 Å². The van der Waals surface area contributed by atoms with Crippen LogP contribution in [0.3, 0.4) is 0 Å². The number of benzene rings is 1. The lowest BCUT2D eigenvalue weighted by Crippen LogP contribution is -2.36. The molecule has 1 saturated carbocycles. The second kappa shape index (κ2) is 6.05. The first-order valence-electron chi connectivity index (χ1n) is 7.03. The van der Waals surface area contributed by atoms with Gasteiger partial charge < -0.3 is 0 Å². The molecular weight excluding hydrogens is 282 g/mol. The van der Waals surface area contributed by atoms with E-state index in [9.17, 15) is 8.42 Å². The zero-order valence-corrected chi connectivity index (χ0v) is 13.4. The van der Waals surface area contributed by atoms with Crippen LogP contribution in [0.5, 0.6) is 0 Å². The highest BCUT2D eigenvalue weighted by atomic mass is 32.2. The van der Waals surface area contributed by atoms with Crippen molar-refractivity contribution in [2.75, 3.05) is 13.1 Å². The molecule has 0 atom stereocenters. The molecular formula is C17H21NO2S. The van der Waals surface area contributed by atoms with E-state index in [0.29, 0.717) is 11.4 Å². The maximum Gasteiger partial charge on any atom is 0.243 e. The first kappa shape index (κ1) is 15.8. The number of nitrogens with zero attached hydrogens (tertiary/aromatic N) is 1. The predicted octanol–water partition coefficient (Wildman–Crippen LogP) is 2.98. The quantitative estimate of drug-likeness (QED) is 0.598. The summed E-state index contributed by atoms with van der Waals surface area (Å²) in [6.45, 7) is 8.18. The normalized spacial score (nSPS) is 16.1. The van der Waals surface area contributed by atoms with Crippen molar-refractivity contribution in [2.45, 2.75) is 31.6 Å². The van der Waals surface area contributed by atoms with Gasteiger partial charge in [-0.15, -0.1) is 12.5 Å². The average Bonchev–Trinajstić information content (AvgIpc) is 3.24. The molecule has 0 unspecified atom stereocenters. The molecule has 2 rings (SSSR count). The molecule has 1 aliphatic carbocycles. The third-order valence-electron chi connectivity index (χ3n) is 3.91. The minimum Gasteiger partial charge on any atom is -0.207 e. The van der Waals surface area contributed by atoms with Crippen molar-refractivity contribution in [1.29, 1.82) is 0 Å². The number of sulfonamides is 1. The number of hydrogen-bond acceptors (Lipinski definition) is 2. The van der Waals surface area contributed by atoms with Crippen LogP contribution in [-0.2, 0) is 10.0 Å². The molecule has 1 aromatic rings. The largest absolute Gasteiger partial charge is 0.243 e. The molecule has 4 heteroatoms. The van der Waals surface area contributed by atoms with Gasteiger partial charge in [0.2, 0.25) is 10.0 Å². The Kier molecular flexibility index (Phi) is 4.55. The van der Waals surface area contributed by atoms with Crippen LogP contribution in [-0.4, -0.2) is 25.8 Å². The van der Waals surface area contributed by atoms with Crippen LogP contribution in [0.1, 0.15) is 25.3 Å². The standard InChI is InChI=1S/C17H21NO2S/c1-4-6-13-18(14-17(5-2)11-12-17)21(19,20)16-9-7-15(3)8-10-16/h5,7-10H,2,11-14H2,1,3H3. The summed E-state index contributed by atoms with van der Waals surface area (Å²) in [6.07, 6.45) is 3.87. The SMILES string of the molecule is C=CC1(CN(CC#CC)S(=O)(=O)c2ccc(C)cc2)CC1. The Morgan fingerprint density at radius 2 is 1.95 bits per heavy atom. The summed E-state index contributed by atoms with van der Waals surface area (Å²) in [7, 11) is -3.51. The third kappa shape index (κ3) is 3.55. The van der Waals surface area contributed by atoms with Crippen molar-refractivity contribution in [1.82, 2.24) is 4.31 Å². The van der Waals surface area contributed by atoms with Gasteiger partial charge in [-0.25, -0.2) is 8.42 Å². The number of rotatable bonds is 6. The van der Waals surface area contributed by atoms with E-state index in [1.54, 1.807) is 19.1 Å². The molecule has 1 fully saturated rings. The summed E-state index contributed by atoms with van der Waals surface area (Å²) in [5.41, 5.74) is 0.978. The summed E-state index contributed by atoms with van der Waals surface area (Å²) < 4.78 is 27.1. The molecule has 1 aliphatic rings. The molecule has 0 amide bonds. The highest BCUT2D eigenvalue weighted by Gasteiger charge is 2.43. The fourth-order valence-corrected chi connectivity index (χ4v) is 3.63. The fraction of sp³-hybridized carbons (Fsp3) is 0.412. The first-order chi connectivity index (χ1) is 9.93. The maximum absolute atomic E-state index is 12.8. The lowest BCUT2D eigenvalue weighted by Gasteiger charge is -2.23. The second-order valence-electron chi connectivity index (χ2n) is 5.58. The van der Waals surface area contributed by atoms with Crippen molar-refractivity contribution < 1.29 is 8.42 Å². The van der Waals surface area contributed by atoms with Gasteiger partial charge in [-0.3, -0.25) is 0 Å². The smallest absolute Gasteiger partial charge is 0.207 e. The van der Waals surface area contributed by atoms with Crippen molar-refractivity contribution in [3.05, 3.63) is 42.5 Å². The van der Waals surface area contributed by atoms with Crippen molar-refractivity contribution in [3.8, 4) is 11.8 Å². The Morgan fingerprint density at radius 3 is 2.43 bits per heavy atom. The van der Waals surface area contributed by atoms with Gasteiger partial charge in [0.15, 0.2) is 0 Å². The number of aryl methyl sites for hydroxylation is 1. The molecule has 21 heavy (non-hydrogen) atoms. The van der Waals surface area contributed by atoms with Gasteiger partial charge in [0, 0.05) is 12.0 Å². The summed E-state index contributed by atoms with van der Waals surface area (Å²) in [4.78, 5) is 0.325. The maximum atomic E-state index is 12.8. The lowest BCUT2D eigenvalue weighted by atomic mass is 10.1. The van der Waals surface area contributed by atoms with Crippen LogP contribution >= 0.6 is 0 Å². The Bertz CT molecular complexity index is 674. The molecule has 0 aliphatic heterocycles. The van der Waals surface area contributed by atoms with Crippen LogP contribution < -0.4 is 0 Å². The number of hydrogen-bond donors (Lipinski definition) is 0. The first-order valence-corrected chi connectivity index (χ1v) is 8.48. The second-order valence-corrected chi connectivity index (χ2v) is 7.52. The van der Waals surface area contributed by atoms with Crippen molar-refractivity contribution in [3.63, 3.8) is 0 Å². The van der Waals surface area contributed by atoms with Crippen molar-refractivity contribution in [2.24, 2.45) is 5.41 Å². The van der Waals surface area contributed by atoms with Crippen LogP contribution in [0.2, 0.25) is 0 Å². The van der Waals surface area contributed by atoms with E-state index in [0.717, 1.165) is 18.4 Å². The molecule has 0 bridgehead atoms. The average molecular weight is 303 g/mol. The topological polar surface area (TPSA) is 37.4 Å². The van der Waals surface area contributed by atoms with Gasteiger partial charge in [-0.1, -0.05) is 29.7 Å². The molecule has 0 aromatic heterocycles. The monoisotopic (exact) mass is 303 g/mol. The minimum absolute atomic E-state index is 0.0623. The summed E-state index contributed by atoms with van der Waals surface area (Å²) in [5.74, 6) is 5.65. The molecule has 0 spiro atoms. The summed E-state index contributed by atoms with van der Waals surface area (Å²) >= 11 is 0. The third-order valence-corrected chi connectivity index (χ3v) is 5.71. The van der Waals surface area contributed by atoms with Crippen LogP contribution in [0.25, 0.3) is 0 Å². The zero-order valence-electron chi connectivity index (χ0n) is 12.6. The van der Waals surface area contributed by atoms with Gasteiger partial charge in [0.1, 0.15) is 0 Å². The molecule has 0 heterocycles. The molecule has 3 nitrogen and oxygen atoms in total. The Balaban J connectivity index is 2.31. The van der Waals surface area contributed by atoms with Gasteiger partial charge in [0.05, 0.1) is 11.4 Å². The summed E-state index contributed by atoms with van der Waals surface area (Å²) in [5, 5.41) is 0. The van der Waals surface area contributed by atoms with Crippen LogP contribution in [0.15, 0.2) is 41.8 Å². The molecule has 112 valence electrons. The zero-order chi connectivity index (χ0) is 15.5. The Morgan fingerprint density at radius 1 is 1.33 bits per heavy atom. The highest BCUT2D eigenvalue weighted by Crippen LogP contribution is 2.47. The van der Waals surface area contributed by atoms with E-state index in [2.05, 4.69) is 18.4 Å². The molecule has 0 radical (unpaired) electrons. The van der Waals surface area contributed by atoms with E-state index < -0.39 is 10.0 Å². The van der Waals surface area contributed by atoms with Gasteiger partial charge in [-0.05, 0) is 38.8 Å². The van der Waals surface area contributed by atoms with Crippen LogP contribution in [0, 0.1) is 24.2 Å². The molecule has 0 saturated heterocycles. The Hall–Kier alpha value is -1.57.